The fourth-order valence-electron chi connectivity index (χ4n) is 0.757. The molecule has 0 aliphatic heterocycles. The van der Waals surface area contributed by atoms with E-state index in [0.29, 0.717) is 0 Å². The van der Waals surface area contributed by atoms with Gasteiger partial charge in [-0.05, 0) is 0 Å². The van der Waals surface area contributed by atoms with E-state index >= 15 is 0 Å². The van der Waals surface area contributed by atoms with Gasteiger partial charge in [0.2, 0.25) is 0 Å². The lowest BCUT2D eigenvalue weighted by Gasteiger charge is -1.81. The zero-order valence-electron chi connectivity index (χ0n) is 5.21. The van der Waals surface area contributed by atoms with Gasteiger partial charge in [-0.15, -0.1) is 10.2 Å². The number of nitrogens with one attached hydrogen (secondary N) is 3. The predicted octanol–water partition coefficient (Wildman–Crippen LogP) is -1.67. The average Bonchev–Trinajstić information content (AvgIpc) is 2.45. The molecule has 0 radical (unpaired) electrons. The van der Waals surface area contributed by atoms with E-state index < -0.39 is 11.0 Å². The zero-order valence-corrected chi connectivity index (χ0v) is 5.21. The Labute approximate surface area is 58.4 Å². The maximum absolute atomic E-state index is 10.9. The molecular weight excluding hydrogens is 150 g/mol. The fraction of sp³-hybridized carbons (Fsp3) is 0. The topological polar surface area (TPSA) is 107 Å². The molecule has 0 aliphatic rings. The number of H-pyrrole nitrogens is 3. The highest BCUT2D eigenvalue weighted by Gasteiger charge is 2.04. The number of aromatic amines is 3. The first-order valence-electron chi connectivity index (χ1n) is 2.80. The summed E-state index contributed by atoms with van der Waals surface area (Å²) in [5, 5.41) is 13.8. The molecule has 2 aromatic heterocycles. The molecule has 2 heterocycles. The first kappa shape index (κ1) is 5.83. The van der Waals surface area contributed by atoms with Crippen molar-refractivity contribution in [1.82, 2.24) is 25.6 Å². The van der Waals surface area contributed by atoms with Crippen LogP contribution in [-0.2, 0) is 0 Å². The second kappa shape index (κ2) is 1.78. The van der Waals surface area contributed by atoms with E-state index in [9.17, 15) is 9.59 Å². The highest BCUT2D eigenvalue weighted by molar-refractivity contribution is 5.66. The summed E-state index contributed by atoms with van der Waals surface area (Å²) in [7, 11) is 0. The Bertz CT molecular complexity index is 491. The first-order valence-corrected chi connectivity index (χ1v) is 2.80. The van der Waals surface area contributed by atoms with Gasteiger partial charge in [-0.25, -0.2) is 0 Å². The standard InChI is InChI=1S/C4H3N5O2/c10-2-1-3(7-9-5-1)6-8-4(2)11/h(H,8,11)(H2,5,6,7,9,10). The van der Waals surface area contributed by atoms with Crippen LogP contribution >= 0.6 is 0 Å². The number of aromatic nitrogens is 5. The summed E-state index contributed by atoms with van der Waals surface area (Å²) in [4.78, 5) is 21.6. The average molecular weight is 153 g/mol. The molecule has 0 saturated heterocycles. The van der Waals surface area contributed by atoms with Gasteiger partial charge in [0.15, 0.2) is 11.2 Å². The third kappa shape index (κ3) is 0.672. The molecule has 7 heteroatoms. The number of rotatable bonds is 0. The Balaban J connectivity index is 3.17. The SMILES string of the molecule is O=c1[nH][nH]c2n[nH]nc2c1=O. The summed E-state index contributed by atoms with van der Waals surface area (Å²) >= 11 is 0. The van der Waals surface area contributed by atoms with Crippen molar-refractivity contribution in [2.75, 3.05) is 0 Å². The van der Waals surface area contributed by atoms with Gasteiger partial charge in [-0.3, -0.25) is 19.8 Å². The van der Waals surface area contributed by atoms with Crippen molar-refractivity contribution >= 4 is 11.2 Å². The number of fused-ring (bicyclic) bond motifs is 1. The van der Waals surface area contributed by atoms with E-state index in [4.69, 9.17) is 0 Å². The van der Waals surface area contributed by atoms with E-state index in [1.807, 2.05) is 0 Å². The number of nitrogens with zero attached hydrogens (tertiary/aromatic N) is 2. The summed E-state index contributed by atoms with van der Waals surface area (Å²) in [5.41, 5.74) is -1.15. The first-order chi connectivity index (χ1) is 5.29. The Hall–Kier alpha value is -1.92. The molecule has 11 heavy (non-hydrogen) atoms. The minimum absolute atomic E-state index is 0.0220. The van der Waals surface area contributed by atoms with Crippen LogP contribution in [0.15, 0.2) is 9.59 Å². The lowest BCUT2D eigenvalue weighted by Crippen LogP contribution is -2.27. The molecule has 7 nitrogen and oxygen atoms in total. The minimum Gasteiger partial charge on any atom is -0.281 e. The summed E-state index contributed by atoms with van der Waals surface area (Å²) in [6.45, 7) is 0. The van der Waals surface area contributed by atoms with Crippen LogP contribution in [0, 0.1) is 0 Å². The largest absolute Gasteiger partial charge is 0.312 e. The quantitative estimate of drug-likeness (QED) is 0.393. The van der Waals surface area contributed by atoms with Crippen LogP contribution in [0.3, 0.4) is 0 Å². The second-order valence-corrected chi connectivity index (χ2v) is 1.93. The molecule has 0 fully saturated rings. The smallest absolute Gasteiger partial charge is 0.281 e. The molecule has 2 aromatic rings. The molecule has 56 valence electrons. The van der Waals surface area contributed by atoms with Gasteiger partial charge in [0.25, 0.3) is 5.43 Å². The van der Waals surface area contributed by atoms with Gasteiger partial charge in [0.05, 0.1) is 0 Å². The fourth-order valence-corrected chi connectivity index (χ4v) is 0.757. The van der Waals surface area contributed by atoms with E-state index in [-0.39, 0.29) is 11.2 Å². The van der Waals surface area contributed by atoms with Crippen molar-refractivity contribution in [1.29, 1.82) is 0 Å². The maximum atomic E-state index is 10.9. The van der Waals surface area contributed by atoms with E-state index in [1.165, 1.54) is 0 Å². The molecule has 0 aliphatic carbocycles. The van der Waals surface area contributed by atoms with Crippen LogP contribution in [0.4, 0.5) is 0 Å². The molecule has 3 N–H and O–H groups in total. The van der Waals surface area contributed by atoms with Crippen molar-refractivity contribution in [3.63, 3.8) is 0 Å². The van der Waals surface area contributed by atoms with Gasteiger partial charge in [-0.2, -0.15) is 5.21 Å². The van der Waals surface area contributed by atoms with Gasteiger partial charge >= 0.3 is 5.56 Å². The summed E-state index contributed by atoms with van der Waals surface area (Å²) in [5.74, 6) is 0. The lowest BCUT2D eigenvalue weighted by atomic mass is 10.5. The Morgan fingerprint density at radius 3 is 2.73 bits per heavy atom. The van der Waals surface area contributed by atoms with E-state index in [0.717, 1.165) is 0 Å². The van der Waals surface area contributed by atoms with Crippen LogP contribution in [-0.4, -0.2) is 25.6 Å². The zero-order chi connectivity index (χ0) is 7.84. The monoisotopic (exact) mass is 153 g/mol. The van der Waals surface area contributed by atoms with Gasteiger partial charge in [-0.1, -0.05) is 0 Å². The van der Waals surface area contributed by atoms with Crippen LogP contribution in [0.2, 0.25) is 0 Å². The van der Waals surface area contributed by atoms with Gasteiger partial charge in [0, 0.05) is 0 Å². The summed E-state index contributed by atoms with van der Waals surface area (Å²) in [6, 6.07) is 0. The molecule has 0 unspecified atom stereocenters. The van der Waals surface area contributed by atoms with Crippen molar-refractivity contribution in [2.45, 2.75) is 0 Å². The summed E-state index contributed by atoms with van der Waals surface area (Å²) in [6.07, 6.45) is 0. The normalized spacial score (nSPS) is 10.5. The van der Waals surface area contributed by atoms with E-state index in [2.05, 4.69) is 25.6 Å². The minimum atomic E-state index is -0.730. The number of hydrogen-bond donors (Lipinski definition) is 3. The van der Waals surface area contributed by atoms with Crippen LogP contribution in [0.5, 0.6) is 0 Å². The van der Waals surface area contributed by atoms with E-state index in [1.54, 1.807) is 0 Å². The van der Waals surface area contributed by atoms with Gasteiger partial charge < -0.3 is 0 Å². The highest BCUT2D eigenvalue weighted by atomic mass is 16.2. The van der Waals surface area contributed by atoms with Crippen LogP contribution < -0.4 is 11.0 Å². The van der Waals surface area contributed by atoms with Crippen molar-refractivity contribution in [3.8, 4) is 0 Å². The maximum Gasteiger partial charge on any atom is 0.312 e. The molecule has 2 rings (SSSR count). The van der Waals surface area contributed by atoms with Crippen molar-refractivity contribution in [2.24, 2.45) is 0 Å². The van der Waals surface area contributed by atoms with Crippen LogP contribution in [0.25, 0.3) is 11.2 Å². The van der Waals surface area contributed by atoms with Crippen molar-refractivity contribution in [3.05, 3.63) is 20.6 Å². The predicted molar refractivity (Wildman–Crippen MR) is 35.1 cm³/mol. The third-order valence-corrected chi connectivity index (χ3v) is 1.26. The van der Waals surface area contributed by atoms with Crippen molar-refractivity contribution < 1.29 is 0 Å². The third-order valence-electron chi connectivity index (χ3n) is 1.26. The Kier molecular flexibility index (Phi) is 0.945. The lowest BCUT2D eigenvalue weighted by molar-refractivity contribution is 0.943. The van der Waals surface area contributed by atoms with Crippen LogP contribution in [0.1, 0.15) is 0 Å². The Morgan fingerprint density at radius 2 is 1.91 bits per heavy atom. The second-order valence-electron chi connectivity index (χ2n) is 1.93. The highest BCUT2D eigenvalue weighted by Crippen LogP contribution is 1.89. The molecule has 0 amide bonds. The summed E-state index contributed by atoms with van der Waals surface area (Å²) < 4.78 is 0. The molecule has 0 atom stereocenters. The Morgan fingerprint density at radius 1 is 1.09 bits per heavy atom. The number of hydrogen-bond acceptors (Lipinski definition) is 4. The molecule has 0 saturated carbocycles. The molecule has 0 spiro atoms. The van der Waals surface area contributed by atoms with Gasteiger partial charge in [0.1, 0.15) is 0 Å². The molecule has 0 bridgehead atoms. The molecule has 0 aromatic carbocycles. The molecular formula is C4H3N5O2.